The summed E-state index contributed by atoms with van der Waals surface area (Å²) in [6.45, 7) is 7.07. The fourth-order valence-electron chi connectivity index (χ4n) is 4.48. The van der Waals surface area contributed by atoms with Crippen LogP contribution in [-0.2, 0) is 32.6 Å². The van der Waals surface area contributed by atoms with Crippen LogP contribution >= 0.6 is 11.6 Å². The summed E-state index contributed by atoms with van der Waals surface area (Å²) >= 11 is 6.23. The summed E-state index contributed by atoms with van der Waals surface area (Å²) in [4.78, 5) is 29.1. The van der Waals surface area contributed by atoms with Gasteiger partial charge in [0, 0.05) is 24.0 Å². The monoisotopic (exact) mass is 569 g/mol. The Morgan fingerprint density at radius 1 is 0.897 bits per heavy atom. The number of nitrogens with one attached hydrogen (secondary N) is 1. The molecule has 0 spiro atoms. The van der Waals surface area contributed by atoms with E-state index in [1.807, 2.05) is 70.2 Å². The number of rotatable bonds is 11. The Kier molecular flexibility index (Phi) is 10.2. The van der Waals surface area contributed by atoms with Gasteiger partial charge in [-0.05, 0) is 74.2 Å². The normalized spacial score (nSPS) is 12.2. The summed E-state index contributed by atoms with van der Waals surface area (Å²) in [6.07, 6.45) is 1.33. The summed E-state index contributed by atoms with van der Waals surface area (Å²) in [5.41, 5.74) is 3.75. The maximum absolute atomic E-state index is 14.1. The van der Waals surface area contributed by atoms with Crippen LogP contribution < -0.4 is 9.62 Å². The lowest BCUT2D eigenvalue weighted by Crippen LogP contribution is -2.54. The number of benzene rings is 3. The molecule has 7 nitrogen and oxygen atoms in total. The van der Waals surface area contributed by atoms with Gasteiger partial charge in [-0.15, -0.1) is 0 Å². The molecule has 3 aromatic carbocycles. The third kappa shape index (κ3) is 8.83. The van der Waals surface area contributed by atoms with E-state index in [4.69, 9.17) is 11.6 Å². The molecule has 0 radical (unpaired) electrons. The zero-order valence-electron chi connectivity index (χ0n) is 23.0. The van der Waals surface area contributed by atoms with Gasteiger partial charge < -0.3 is 10.2 Å². The Labute approximate surface area is 236 Å². The predicted molar refractivity (Wildman–Crippen MR) is 157 cm³/mol. The molecule has 39 heavy (non-hydrogen) atoms. The molecule has 1 atom stereocenters. The minimum atomic E-state index is -3.82. The highest BCUT2D eigenvalue weighted by Gasteiger charge is 2.33. The molecule has 1 N–H and O–H groups in total. The van der Waals surface area contributed by atoms with Gasteiger partial charge in [-0.2, -0.15) is 0 Å². The third-order valence-electron chi connectivity index (χ3n) is 6.12. The number of anilines is 1. The van der Waals surface area contributed by atoms with Gasteiger partial charge in [-0.3, -0.25) is 13.9 Å². The Morgan fingerprint density at radius 2 is 1.51 bits per heavy atom. The fourth-order valence-corrected chi connectivity index (χ4v) is 5.52. The topological polar surface area (TPSA) is 86.8 Å². The van der Waals surface area contributed by atoms with Gasteiger partial charge in [0.05, 0.1) is 11.9 Å². The number of amides is 2. The molecule has 0 heterocycles. The highest BCUT2D eigenvalue weighted by Crippen LogP contribution is 2.23. The van der Waals surface area contributed by atoms with Gasteiger partial charge in [-0.1, -0.05) is 60.1 Å². The Hall–Kier alpha value is -3.36. The largest absolute Gasteiger partial charge is 0.352 e. The van der Waals surface area contributed by atoms with Crippen molar-refractivity contribution >= 4 is 39.1 Å². The van der Waals surface area contributed by atoms with E-state index in [1.54, 1.807) is 30.3 Å². The second-order valence-electron chi connectivity index (χ2n) is 10.1. The van der Waals surface area contributed by atoms with Gasteiger partial charge in [0.25, 0.3) is 0 Å². The van der Waals surface area contributed by atoms with E-state index in [0.717, 1.165) is 32.8 Å². The molecule has 0 fully saturated rings. The number of nitrogens with zero attached hydrogens (tertiary/aromatic N) is 2. The molecule has 0 unspecified atom stereocenters. The zero-order valence-corrected chi connectivity index (χ0v) is 24.6. The number of sulfonamides is 1. The van der Waals surface area contributed by atoms with Crippen molar-refractivity contribution in [3.8, 4) is 0 Å². The van der Waals surface area contributed by atoms with Crippen molar-refractivity contribution in [3.63, 3.8) is 0 Å². The Bertz CT molecular complexity index is 1390. The first kappa shape index (κ1) is 30.2. The smallest absolute Gasteiger partial charge is 0.244 e. The minimum absolute atomic E-state index is 0.0762. The van der Waals surface area contributed by atoms with Gasteiger partial charge in [-0.25, -0.2) is 8.42 Å². The van der Waals surface area contributed by atoms with Crippen LogP contribution in [0, 0.1) is 13.8 Å². The number of hydrogen-bond donors (Lipinski definition) is 1. The molecule has 0 aliphatic rings. The first-order chi connectivity index (χ1) is 18.3. The third-order valence-corrected chi connectivity index (χ3v) is 7.49. The van der Waals surface area contributed by atoms with Crippen molar-refractivity contribution in [1.82, 2.24) is 10.2 Å². The van der Waals surface area contributed by atoms with E-state index in [1.165, 1.54) is 4.90 Å². The average Bonchev–Trinajstić information content (AvgIpc) is 2.83. The van der Waals surface area contributed by atoms with Crippen LogP contribution in [0.2, 0.25) is 5.02 Å². The standard InChI is InChI=1S/C30H36ClN3O4S/c1-21(2)32-30(36)28(18-24-10-7-6-8-11-24)33(19-25-12-9-13-26(31)17-25)29(35)20-34(39(5,37)38)27-15-22(3)14-23(4)16-27/h6-17,21,28H,18-20H2,1-5H3,(H,32,36)/t28-/m1/s1. The first-order valence-electron chi connectivity index (χ1n) is 12.8. The second-order valence-corrected chi connectivity index (χ2v) is 12.5. The van der Waals surface area contributed by atoms with Gasteiger partial charge in [0.1, 0.15) is 12.6 Å². The van der Waals surface area contributed by atoms with Crippen molar-refractivity contribution in [3.05, 3.63) is 100 Å². The van der Waals surface area contributed by atoms with Crippen molar-refractivity contribution in [1.29, 1.82) is 0 Å². The fraction of sp³-hybridized carbons (Fsp3) is 0.333. The highest BCUT2D eigenvalue weighted by molar-refractivity contribution is 7.92. The summed E-state index contributed by atoms with van der Waals surface area (Å²) in [5, 5.41) is 3.43. The van der Waals surface area contributed by atoms with Crippen LogP contribution in [0.3, 0.4) is 0 Å². The van der Waals surface area contributed by atoms with Gasteiger partial charge >= 0.3 is 0 Å². The van der Waals surface area contributed by atoms with Crippen molar-refractivity contribution < 1.29 is 18.0 Å². The molecule has 0 saturated carbocycles. The molecule has 208 valence electrons. The average molecular weight is 570 g/mol. The van der Waals surface area contributed by atoms with Crippen LogP contribution in [0.4, 0.5) is 5.69 Å². The Balaban J connectivity index is 2.07. The summed E-state index contributed by atoms with van der Waals surface area (Å²) < 4.78 is 26.9. The van der Waals surface area contributed by atoms with E-state index in [9.17, 15) is 18.0 Å². The molecule has 2 amide bonds. The van der Waals surface area contributed by atoms with E-state index in [0.29, 0.717) is 10.7 Å². The lowest BCUT2D eigenvalue weighted by atomic mass is 10.0. The Morgan fingerprint density at radius 3 is 2.08 bits per heavy atom. The number of aryl methyl sites for hydroxylation is 2. The van der Waals surface area contributed by atoms with Crippen LogP contribution in [0.25, 0.3) is 0 Å². The highest BCUT2D eigenvalue weighted by atomic mass is 35.5. The van der Waals surface area contributed by atoms with Crippen LogP contribution in [0.1, 0.15) is 36.1 Å². The molecule has 3 rings (SSSR count). The molecule has 0 aliphatic carbocycles. The van der Waals surface area contributed by atoms with Crippen molar-refractivity contribution in [2.75, 3.05) is 17.1 Å². The van der Waals surface area contributed by atoms with Crippen LogP contribution in [0.15, 0.2) is 72.8 Å². The molecule has 0 saturated heterocycles. The molecule has 0 aliphatic heterocycles. The maximum atomic E-state index is 14.1. The van der Waals surface area contributed by atoms with E-state index < -0.39 is 28.5 Å². The summed E-state index contributed by atoms with van der Waals surface area (Å²) in [6, 6.07) is 20.9. The van der Waals surface area contributed by atoms with Crippen LogP contribution in [0.5, 0.6) is 0 Å². The van der Waals surface area contributed by atoms with Gasteiger partial charge in [0.2, 0.25) is 21.8 Å². The lowest BCUT2D eigenvalue weighted by Gasteiger charge is -2.34. The maximum Gasteiger partial charge on any atom is 0.244 e. The van der Waals surface area contributed by atoms with E-state index in [-0.39, 0.29) is 24.9 Å². The lowest BCUT2D eigenvalue weighted by molar-refractivity contribution is -0.140. The number of carbonyl (C=O) groups is 2. The number of halogens is 1. The van der Waals surface area contributed by atoms with Crippen LogP contribution in [-0.4, -0.2) is 50.0 Å². The molecule has 0 bridgehead atoms. The number of carbonyl (C=O) groups excluding carboxylic acids is 2. The van der Waals surface area contributed by atoms with E-state index in [2.05, 4.69) is 5.32 Å². The van der Waals surface area contributed by atoms with Gasteiger partial charge in [0.15, 0.2) is 0 Å². The predicted octanol–water partition coefficient (Wildman–Crippen LogP) is 4.89. The SMILES string of the molecule is Cc1cc(C)cc(N(CC(=O)N(Cc2cccc(Cl)c2)[C@H](Cc2ccccc2)C(=O)NC(C)C)S(C)(=O)=O)c1. The summed E-state index contributed by atoms with van der Waals surface area (Å²) in [5.74, 6) is -0.819. The molecule has 3 aromatic rings. The second kappa shape index (κ2) is 13.1. The van der Waals surface area contributed by atoms with Crippen molar-refractivity contribution in [2.24, 2.45) is 0 Å². The van der Waals surface area contributed by atoms with E-state index >= 15 is 0 Å². The minimum Gasteiger partial charge on any atom is -0.352 e. The summed E-state index contributed by atoms with van der Waals surface area (Å²) in [7, 11) is -3.82. The number of hydrogen-bond acceptors (Lipinski definition) is 4. The van der Waals surface area contributed by atoms with Crippen molar-refractivity contribution in [2.45, 2.75) is 52.7 Å². The molecule has 0 aromatic heterocycles. The molecule has 9 heteroatoms. The zero-order chi connectivity index (χ0) is 28.7. The molecular weight excluding hydrogens is 534 g/mol. The molecular formula is C30H36ClN3O4S. The first-order valence-corrected chi connectivity index (χ1v) is 15.0. The quantitative estimate of drug-likeness (QED) is 0.356.